The van der Waals surface area contributed by atoms with Crippen LogP contribution in [0.15, 0.2) is 60.7 Å². The Hall–Kier alpha value is -0.742. The van der Waals surface area contributed by atoms with Gasteiger partial charge in [-0.25, -0.2) is 0 Å². The van der Waals surface area contributed by atoms with E-state index in [2.05, 4.69) is 70.4 Å². The molecular weight excluding hydrogens is 302 g/mol. The summed E-state index contributed by atoms with van der Waals surface area (Å²) in [6.45, 7) is 0. The van der Waals surface area contributed by atoms with Crippen LogP contribution in [0.1, 0.15) is 15.0 Å². The molecule has 0 saturated heterocycles. The molecule has 0 aromatic heterocycles. The molecule has 0 aliphatic rings. The first kappa shape index (κ1) is 11.7. The van der Waals surface area contributed by atoms with Crippen LogP contribution in [-0.4, -0.2) is 20.2 Å². The van der Waals surface area contributed by atoms with E-state index in [1.807, 2.05) is 0 Å². The Morgan fingerprint density at radius 3 is 1.38 bits per heavy atom. The van der Waals surface area contributed by atoms with E-state index in [0.29, 0.717) is 3.86 Å². The van der Waals surface area contributed by atoms with Gasteiger partial charge in [0.1, 0.15) is 0 Å². The second-order valence-corrected chi connectivity index (χ2v) is 11.2. The molecule has 1 heteroatoms. The Bertz CT molecular complexity index is 380. The van der Waals surface area contributed by atoms with Crippen LogP contribution in [0.5, 0.6) is 0 Å². The molecule has 16 heavy (non-hydrogen) atoms. The van der Waals surface area contributed by atoms with Gasteiger partial charge in [-0.3, -0.25) is 0 Å². The molecule has 82 valence electrons. The minimum absolute atomic E-state index is 0.686. The molecule has 0 aliphatic carbocycles. The third kappa shape index (κ3) is 2.68. The average Bonchev–Trinajstić information content (AvgIpc) is 2.31. The van der Waals surface area contributed by atoms with Gasteiger partial charge in [-0.2, -0.15) is 0 Å². The van der Waals surface area contributed by atoms with E-state index in [9.17, 15) is 0 Å². The summed E-state index contributed by atoms with van der Waals surface area (Å²) < 4.78 is 0.686. The first-order valence-corrected chi connectivity index (χ1v) is 12.1. The molecule has 0 fully saturated rings. The average molecular weight is 319 g/mol. The van der Waals surface area contributed by atoms with E-state index < -0.39 is 20.2 Å². The zero-order valence-electron chi connectivity index (χ0n) is 9.80. The van der Waals surface area contributed by atoms with Crippen LogP contribution in [0.2, 0.25) is 9.74 Å². The van der Waals surface area contributed by atoms with Crippen LogP contribution in [0.4, 0.5) is 0 Å². The van der Waals surface area contributed by atoms with Crippen LogP contribution in [0.3, 0.4) is 0 Å². The monoisotopic (exact) mass is 318 g/mol. The Morgan fingerprint density at radius 2 is 1.06 bits per heavy atom. The number of rotatable bonds is 3. The molecule has 0 spiro atoms. The molecule has 0 saturated carbocycles. The third-order valence-electron chi connectivity index (χ3n) is 2.75. The van der Waals surface area contributed by atoms with E-state index in [0.717, 1.165) is 0 Å². The minimum atomic E-state index is -1.17. The summed E-state index contributed by atoms with van der Waals surface area (Å²) in [4.78, 5) is 4.93. The predicted octanol–water partition coefficient (Wildman–Crippen LogP) is 4.11. The number of hydrogen-bond acceptors (Lipinski definition) is 0. The molecular formula is C15H17Sb. The van der Waals surface area contributed by atoms with Crippen LogP contribution in [0, 0.1) is 0 Å². The van der Waals surface area contributed by atoms with Gasteiger partial charge in [0.15, 0.2) is 0 Å². The molecule has 0 bridgehead atoms. The Balaban J connectivity index is 2.40. The normalized spacial score (nSPS) is 11.0. The summed E-state index contributed by atoms with van der Waals surface area (Å²) in [5.74, 6) is 0. The van der Waals surface area contributed by atoms with Crippen molar-refractivity contribution >= 4 is 20.2 Å². The van der Waals surface area contributed by atoms with Crippen molar-refractivity contribution < 1.29 is 0 Å². The summed E-state index contributed by atoms with van der Waals surface area (Å²) in [5, 5.41) is 0. The van der Waals surface area contributed by atoms with Gasteiger partial charge in [-0.15, -0.1) is 0 Å². The van der Waals surface area contributed by atoms with Crippen molar-refractivity contribution in [1.82, 2.24) is 0 Å². The molecule has 0 amide bonds. The molecule has 2 rings (SSSR count). The predicted molar refractivity (Wildman–Crippen MR) is 72.2 cm³/mol. The SMILES string of the molecule is [CH3][Sb]([CH3])[CH](c1ccccc1)c1ccccc1. The Kier molecular flexibility index (Phi) is 4.07. The molecule has 0 heterocycles. The topological polar surface area (TPSA) is 0 Å². The summed E-state index contributed by atoms with van der Waals surface area (Å²) in [5.41, 5.74) is 2.98. The summed E-state index contributed by atoms with van der Waals surface area (Å²) in [6, 6.07) is 21.8. The van der Waals surface area contributed by atoms with Crippen molar-refractivity contribution in [2.45, 2.75) is 13.6 Å². The summed E-state index contributed by atoms with van der Waals surface area (Å²) in [6.07, 6.45) is 0. The van der Waals surface area contributed by atoms with E-state index in [1.165, 1.54) is 11.1 Å². The molecule has 0 aliphatic heterocycles. The molecule has 2 aromatic rings. The quantitative estimate of drug-likeness (QED) is 0.747. The first-order valence-electron chi connectivity index (χ1n) is 5.55. The zero-order chi connectivity index (χ0) is 11.4. The van der Waals surface area contributed by atoms with Crippen molar-refractivity contribution in [2.75, 3.05) is 0 Å². The van der Waals surface area contributed by atoms with Crippen LogP contribution < -0.4 is 0 Å². The number of hydrogen-bond donors (Lipinski definition) is 0. The van der Waals surface area contributed by atoms with E-state index in [4.69, 9.17) is 0 Å². The van der Waals surface area contributed by atoms with Gasteiger partial charge in [0, 0.05) is 0 Å². The van der Waals surface area contributed by atoms with Crippen LogP contribution >= 0.6 is 0 Å². The van der Waals surface area contributed by atoms with Crippen molar-refractivity contribution in [3.8, 4) is 0 Å². The zero-order valence-corrected chi connectivity index (χ0v) is 12.4. The fourth-order valence-corrected chi connectivity index (χ4v) is 6.45. The van der Waals surface area contributed by atoms with Crippen molar-refractivity contribution in [2.24, 2.45) is 0 Å². The molecule has 2 aromatic carbocycles. The molecule has 0 N–H and O–H groups in total. The fraction of sp³-hybridized carbons (Fsp3) is 0.200. The maximum atomic E-state index is 2.47. The maximum absolute atomic E-state index is 2.47. The van der Waals surface area contributed by atoms with E-state index in [-0.39, 0.29) is 0 Å². The van der Waals surface area contributed by atoms with Gasteiger partial charge < -0.3 is 0 Å². The standard InChI is InChI=1S/C13H11.2CH3.Sb/c1-3-7-12(8-4-1)11-13-9-5-2-6-10-13;;;/h1-11H;2*1H3;. The van der Waals surface area contributed by atoms with E-state index in [1.54, 1.807) is 0 Å². The summed E-state index contributed by atoms with van der Waals surface area (Å²) >= 11 is -1.17. The van der Waals surface area contributed by atoms with Gasteiger partial charge in [-0.1, -0.05) is 0 Å². The van der Waals surface area contributed by atoms with Crippen molar-refractivity contribution in [3.05, 3.63) is 71.8 Å². The number of benzene rings is 2. The van der Waals surface area contributed by atoms with E-state index >= 15 is 0 Å². The van der Waals surface area contributed by atoms with Crippen molar-refractivity contribution in [3.63, 3.8) is 0 Å². The van der Waals surface area contributed by atoms with Crippen LogP contribution in [-0.2, 0) is 0 Å². The molecule has 0 nitrogen and oxygen atoms in total. The van der Waals surface area contributed by atoms with Gasteiger partial charge >= 0.3 is 106 Å². The van der Waals surface area contributed by atoms with Gasteiger partial charge in [0.2, 0.25) is 0 Å². The van der Waals surface area contributed by atoms with Crippen LogP contribution in [0.25, 0.3) is 0 Å². The Morgan fingerprint density at radius 1 is 0.688 bits per heavy atom. The Labute approximate surface area is 105 Å². The second-order valence-electron chi connectivity index (χ2n) is 4.19. The third-order valence-corrected chi connectivity index (χ3v) is 7.40. The van der Waals surface area contributed by atoms with Gasteiger partial charge in [0.25, 0.3) is 0 Å². The fourth-order valence-electron chi connectivity index (χ4n) is 2.06. The summed E-state index contributed by atoms with van der Waals surface area (Å²) in [7, 11) is 0. The molecule has 0 radical (unpaired) electrons. The first-order chi connectivity index (χ1) is 7.79. The van der Waals surface area contributed by atoms with Crippen molar-refractivity contribution in [1.29, 1.82) is 0 Å². The molecule has 0 unspecified atom stereocenters. The molecule has 0 atom stereocenters. The second kappa shape index (κ2) is 5.55. The van der Waals surface area contributed by atoms with Gasteiger partial charge in [-0.05, 0) is 0 Å². The van der Waals surface area contributed by atoms with Gasteiger partial charge in [0.05, 0.1) is 0 Å².